The Hall–Kier alpha value is -3.25. The van der Waals surface area contributed by atoms with Gasteiger partial charge in [-0.25, -0.2) is 0 Å². The first-order valence-corrected chi connectivity index (χ1v) is 9.78. The van der Waals surface area contributed by atoms with E-state index in [0.29, 0.717) is 16.6 Å². The predicted octanol–water partition coefficient (Wildman–Crippen LogP) is 5.26. The zero-order valence-corrected chi connectivity index (χ0v) is 16.4. The second-order valence-electron chi connectivity index (χ2n) is 6.56. The normalized spacial score (nSPS) is 11.9. The van der Waals surface area contributed by atoms with Crippen molar-refractivity contribution in [1.29, 1.82) is 0 Å². The highest BCUT2D eigenvalue weighted by molar-refractivity contribution is 7.17. The Bertz CT molecular complexity index is 1080. The third-order valence-corrected chi connectivity index (χ3v) is 5.50. The van der Waals surface area contributed by atoms with Crippen molar-refractivity contribution in [2.24, 2.45) is 0 Å². The lowest BCUT2D eigenvalue weighted by Gasteiger charge is -2.13. The average molecular weight is 389 g/mol. The van der Waals surface area contributed by atoms with Gasteiger partial charge in [-0.2, -0.15) is 4.98 Å². The lowest BCUT2D eigenvalue weighted by atomic mass is 10.1. The highest BCUT2D eigenvalue weighted by atomic mass is 32.1. The van der Waals surface area contributed by atoms with Gasteiger partial charge in [-0.1, -0.05) is 53.2 Å². The number of aromatic nitrogens is 2. The molecule has 0 aliphatic carbocycles. The summed E-state index contributed by atoms with van der Waals surface area (Å²) in [5.74, 6) is 0.831. The Kier molecular flexibility index (Phi) is 5.04. The molecule has 0 aliphatic heterocycles. The van der Waals surface area contributed by atoms with Crippen LogP contribution < -0.4 is 5.32 Å². The van der Waals surface area contributed by atoms with Gasteiger partial charge in [0.25, 0.3) is 11.8 Å². The highest BCUT2D eigenvalue weighted by Crippen LogP contribution is 2.28. The van der Waals surface area contributed by atoms with Crippen molar-refractivity contribution in [2.45, 2.75) is 19.9 Å². The molecule has 5 nitrogen and oxygen atoms in total. The van der Waals surface area contributed by atoms with E-state index >= 15 is 0 Å². The van der Waals surface area contributed by atoms with Gasteiger partial charge >= 0.3 is 0 Å². The van der Waals surface area contributed by atoms with Gasteiger partial charge in [-0.15, -0.1) is 11.3 Å². The molecule has 28 heavy (non-hydrogen) atoms. The van der Waals surface area contributed by atoms with Crippen LogP contribution in [0.1, 0.15) is 33.8 Å². The monoisotopic (exact) mass is 389 g/mol. The molecule has 0 saturated heterocycles. The van der Waals surface area contributed by atoms with Crippen LogP contribution in [0.15, 0.2) is 71.3 Å². The number of nitrogens with one attached hydrogen (secondary N) is 1. The molecule has 0 saturated carbocycles. The largest absolute Gasteiger partial charge is 0.345 e. The topological polar surface area (TPSA) is 68.0 Å². The third-order valence-electron chi connectivity index (χ3n) is 4.42. The molecule has 1 amide bonds. The maximum absolute atomic E-state index is 12.6. The number of rotatable bonds is 5. The fourth-order valence-electron chi connectivity index (χ4n) is 2.81. The van der Waals surface area contributed by atoms with Crippen LogP contribution in [0.2, 0.25) is 0 Å². The summed E-state index contributed by atoms with van der Waals surface area (Å²) in [5.41, 5.74) is 3.10. The molecular formula is C22H19N3O2S. The maximum Gasteiger partial charge on any atom is 0.261 e. The Labute approximate surface area is 167 Å². The summed E-state index contributed by atoms with van der Waals surface area (Å²) in [7, 11) is 0. The van der Waals surface area contributed by atoms with Gasteiger partial charge in [0.15, 0.2) is 0 Å². The molecule has 0 fully saturated rings. The molecule has 2 heterocycles. The zero-order valence-electron chi connectivity index (χ0n) is 15.5. The van der Waals surface area contributed by atoms with Crippen LogP contribution in [0, 0.1) is 6.92 Å². The molecule has 1 unspecified atom stereocenters. The SMILES string of the molecule is Cc1ccc(-c2nc(-c3ccc(C(=O)NC(C)c4ccccc4)s3)no2)cc1. The fourth-order valence-corrected chi connectivity index (χ4v) is 3.64. The molecule has 0 spiro atoms. The predicted molar refractivity (Wildman–Crippen MR) is 110 cm³/mol. The molecular weight excluding hydrogens is 370 g/mol. The van der Waals surface area contributed by atoms with Crippen molar-refractivity contribution in [2.75, 3.05) is 0 Å². The molecule has 1 N–H and O–H groups in total. The number of aryl methyl sites for hydroxylation is 1. The average Bonchev–Trinajstić information content (AvgIpc) is 3.39. The lowest BCUT2D eigenvalue weighted by molar-refractivity contribution is 0.0944. The van der Waals surface area contributed by atoms with Gasteiger partial charge in [0.2, 0.25) is 5.82 Å². The first-order valence-electron chi connectivity index (χ1n) is 8.97. The summed E-state index contributed by atoms with van der Waals surface area (Å²) < 4.78 is 5.38. The minimum Gasteiger partial charge on any atom is -0.345 e. The highest BCUT2D eigenvalue weighted by Gasteiger charge is 2.17. The van der Waals surface area contributed by atoms with Gasteiger partial charge in [-0.05, 0) is 43.7 Å². The number of carbonyl (C=O) groups excluding carboxylic acids is 1. The lowest BCUT2D eigenvalue weighted by Crippen LogP contribution is -2.25. The van der Waals surface area contributed by atoms with Crippen molar-refractivity contribution in [3.05, 3.63) is 82.7 Å². The minimum atomic E-state index is -0.116. The van der Waals surface area contributed by atoms with E-state index in [2.05, 4.69) is 15.5 Å². The molecule has 0 aliphatic rings. The number of amides is 1. The Morgan fingerprint density at radius 2 is 1.79 bits per heavy atom. The second-order valence-corrected chi connectivity index (χ2v) is 7.64. The summed E-state index contributed by atoms with van der Waals surface area (Å²) in [6.45, 7) is 3.99. The zero-order chi connectivity index (χ0) is 19.5. The van der Waals surface area contributed by atoms with Gasteiger partial charge < -0.3 is 9.84 Å². The van der Waals surface area contributed by atoms with Crippen molar-refractivity contribution >= 4 is 17.2 Å². The minimum absolute atomic E-state index is 0.0717. The Morgan fingerprint density at radius 1 is 1.04 bits per heavy atom. The molecule has 4 aromatic rings. The maximum atomic E-state index is 12.6. The first kappa shape index (κ1) is 18.1. The molecule has 1 atom stereocenters. The molecule has 2 aromatic carbocycles. The fraction of sp³-hybridized carbons (Fsp3) is 0.136. The molecule has 140 valence electrons. The van der Waals surface area contributed by atoms with Crippen molar-refractivity contribution < 1.29 is 9.32 Å². The van der Waals surface area contributed by atoms with Gasteiger partial charge in [0.05, 0.1) is 15.8 Å². The van der Waals surface area contributed by atoms with Crippen LogP contribution >= 0.6 is 11.3 Å². The van der Waals surface area contributed by atoms with Crippen LogP contribution in [0.25, 0.3) is 22.2 Å². The van der Waals surface area contributed by atoms with E-state index in [9.17, 15) is 4.79 Å². The quantitative estimate of drug-likeness (QED) is 0.505. The van der Waals surface area contributed by atoms with Crippen LogP contribution in [0.3, 0.4) is 0 Å². The van der Waals surface area contributed by atoms with Crippen molar-refractivity contribution in [3.63, 3.8) is 0 Å². The molecule has 4 rings (SSSR count). The Morgan fingerprint density at radius 3 is 2.54 bits per heavy atom. The van der Waals surface area contributed by atoms with Gasteiger partial charge in [0, 0.05) is 5.56 Å². The smallest absolute Gasteiger partial charge is 0.261 e. The van der Waals surface area contributed by atoms with Crippen molar-refractivity contribution in [3.8, 4) is 22.2 Å². The number of hydrogen-bond donors (Lipinski definition) is 1. The van der Waals surface area contributed by atoms with Crippen LogP contribution in [-0.2, 0) is 0 Å². The summed E-state index contributed by atoms with van der Waals surface area (Å²) in [6.07, 6.45) is 0. The number of nitrogens with zero attached hydrogens (tertiary/aromatic N) is 2. The number of benzene rings is 2. The molecule has 2 aromatic heterocycles. The van der Waals surface area contributed by atoms with E-state index in [-0.39, 0.29) is 11.9 Å². The van der Waals surface area contributed by atoms with Gasteiger partial charge in [-0.3, -0.25) is 4.79 Å². The van der Waals surface area contributed by atoms with Crippen LogP contribution in [0.5, 0.6) is 0 Å². The standard InChI is InChI=1S/C22H19N3O2S/c1-14-8-10-17(11-9-14)22-24-20(25-27-22)18-12-13-19(28-18)21(26)23-15(2)16-6-4-3-5-7-16/h3-13,15H,1-2H3,(H,23,26). The van der Waals surface area contributed by atoms with Crippen LogP contribution in [-0.4, -0.2) is 16.0 Å². The van der Waals surface area contributed by atoms with E-state index in [1.807, 2.05) is 74.5 Å². The van der Waals surface area contributed by atoms with E-state index < -0.39 is 0 Å². The molecule has 6 heteroatoms. The summed E-state index contributed by atoms with van der Waals surface area (Å²) >= 11 is 1.35. The summed E-state index contributed by atoms with van der Waals surface area (Å²) in [6, 6.07) is 21.3. The first-order chi connectivity index (χ1) is 13.6. The number of hydrogen-bond acceptors (Lipinski definition) is 5. The van der Waals surface area contributed by atoms with E-state index in [1.54, 1.807) is 6.07 Å². The van der Waals surface area contributed by atoms with Gasteiger partial charge in [0.1, 0.15) is 0 Å². The van der Waals surface area contributed by atoms with E-state index in [0.717, 1.165) is 16.0 Å². The van der Waals surface area contributed by atoms with Crippen molar-refractivity contribution in [1.82, 2.24) is 15.5 Å². The number of thiophene rings is 1. The summed E-state index contributed by atoms with van der Waals surface area (Å²) in [4.78, 5) is 18.4. The summed E-state index contributed by atoms with van der Waals surface area (Å²) in [5, 5.41) is 7.08. The second kappa shape index (κ2) is 7.78. The van der Waals surface area contributed by atoms with Crippen LogP contribution in [0.4, 0.5) is 0 Å². The Balaban J connectivity index is 1.48. The molecule has 0 radical (unpaired) electrons. The third kappa shape index (κ3) is 3.87. The van der Waals surface area contributed by atoms with E-state index in [4.69, 9.17) is 4.52 Å². The number of carbonyl (C=O) groups is 1. The van der Waals surface area contributed by atoms with E-state index in [1.165, 1.54) is 16.9 Å². The molecule has 0 bridgehead atoms.